The molecule has 0 spiro atoms. The van der Waals surface area contributed by atoms with E-state index >= 15 is 0 Å². The van der Waals surface area contributed by atoms with Crippen LogP contribution in [0.2, 0.25) is 0 Å². The predicted octanol–water partition coefficient (Wildman–Crippen LogP) is 3.49. The second-order valence-electron chi connectivity index (χ2n) is 5.79. The zero-order valence-corrected chi connectivity index (χ0v) is 16.5. The van der Waals surface area contributed by atoms with Gasteiger partial charge < -0.3 is 24.8 Å². The van der Waals surface area contributed by atoms with Crippen LogP contribution in [0.3, 0.4) is 0 Å². The van der Waals surface area contributed by atoms with E-state index in [1.165, 1.54) is 7.11 Å². The van der Waals surface area contributed by atoms with Crippen molar-refractivity contribution in [2.24, 2.45) is 0 Å². The lowest BCUT2D eigenvalue weighted by Crippen LogP contribution is -2.26. The fourth-order valence-corrected chi connectivity index (χ4v) is 2.16. The second-order valence-corrected chi connectivity index (χ2v) is 5.79. The number of hydrogen-bond acceptors (Lipinski definition) is 4. The summed E-state index contributed by atoms with van der Waals surface area (Å²) in [5.74, 6) is 0.483. The average molecular weight is 395 g/mol. The summed E-state index contributed by atoms with van der Waals surface area (Å²) in [4.78, 5) is 27.4. The van der Waals surface area contributed by atoms with E-state index in [2.05, 4.69) is 34.7 Å². The molecule has 29 heavy (non-hydrogen) atoms. The van der Waals surface area contributed by atoms with Gasteiger partial charge >= 0.3 is 11.8 Å². The van der Waals surface area contributed by atoms with E-state index in [1.54, 1.807) is 0 Å². The molecule has 0 aliphatic heterocycles. The van der Waals surface area contributed by atoms with Gasteiger partial charge in [-0.1, -0.05) is 43.0 Å². The van der Waals surface area contributed by atoms with Crippen molar-refractivity contribution in [3.63, 3.8) is 0 Å². The van der Waals surface area contributed by atoms with Crippen LogP contribution < -0.4 is 11.0 Å². The number of H-pyrrole nitrogens is 2. The Bertz CT molecular complexity index is 987. The summed E-state index contributed by atoms with van der Waals surface area (Å²) in [5, 5.41) is 2.52. The first-order chi connectivity index (χ1) is 14.0. The number of methoxy groups -OCH3 is 1. The van der Waals surface area contributed by atoms with Crippen LogP contribution in [0, 0.1) is 19.8 Å². The Kier molecular flexibility index (Phi) is 9.94. The van der Waals surface area contributed by atoms with Gasteiger partial charge in [0.25, 0.3) is 0 Å². The summed E-state index contributed by atoms with van der Waals surface area (Å²) in [6, 6.07) is 15.3. The standard InChI is InChI=1S/C12H15NO3.C8H8N2O.C2H2/c1-10(15-2)8-13-12(14)16-9-11-6-4-3-5-7-11;1-5-2-3-6-7(4-5)10-8(11)9-6;1-2/h3-7H,1,8-9H2,2H3,(H,13,14);2-4H,1H3,(H2,9,10,11);1-2H. The lowest BCUT2D eigenvalue weighted by atomic mass is 10.2. The summed E-state index contributed by atoms with van der Waals surface area (Å²) >= 11 is 0. The van der Waals surface area contributed by atoms with Crippen LogP contribution in [-0.4, -0.2) is 29.7 Å². The quantitative estimate of drug-likeness (QED) is 0.455. The van der Waals surface area contributed by atoms with Gasteiger partial charge in [0.2, 0.25) is 0 Å². The highest BCUT2D eigenvalue weighted by molar-refractivity contribution is 5.74. The molecule has 3 rings (SSSR count). The second kappa shape index (κ2) is 12.5. The van der Waals surface area contributed by atoms with Crippen molar-refractivity contribution in [2.45, 2.75) is 13.5 Å². The zero-order valence-electron chi connectivity index (χ0n) is 16.5. The van der Waals surface area contributed by atoms with E-state index in [9.17, 15) is 9.59 Å². The number of ether oxygens (including phenoxy) is 2. The van der Waals surface area contributed by atoms with E-state index in [-0.39, 0.29) is 18.8 Å². The number of aromatic amines is 2. The van der Waals surface area contributed by atoms with Crippen molar-refractivity contribution in [3.05, 3.63) is 82.5 Å². The molecule has 0 saturated carbocycles. The third kappa shape index (κ3) is 8.54. The Morgan fingerprint density at radius 2 is 1.76 bits per heavy atom. The van der Waals surface area contributed by atoms with Gasteiger partial charge in [0.1, 0.15) is 12.4 Å². The smallest absolute Gasteiger partial charge is 0.407 e. The van der Waals surface area contributed by atoms with E-state index < -0.39 is 6.09 Å². The molecule has 0 bridgehead atoms. The molecule has 152 valence electrons. The molecule has 0 fully saturated rings. The minimum atomic E-state index is -0.484. The Labute approximate surface area is 169 Å². The molecule has 0 unspecified atom stereocenters. The van der Waals surface area contributed by atoms with E-state index in [1.807, 2.05) is 55.5 Å². The number of benzene rings is 2. The fourth-order valence-electron chi connectivity index (χ4n) is 2.16. The van der Waals surface area contributed by atoms with Crippen molar-refractivity contribution in [2.75, 3.05) is 13.7 Å². The molecule has 0 saturated heterocycles. The number of carbonyl (C=O) groups excluding carboxylic acids is 1. The highest BCUT2D eigenvalue weighted by atomic mass is 16.5. The number of aromatic nitrogens is 2. The maximum Gasteiger partial charge on any atom is 0.407 e. The van der Waals surface area contributed by atoms with Crippen LogP contribution in [0.15, 0.2) is 65.7 Å². The van der Waals surface area contributed by atoms with Crippen molar-refractivity contribution >= 4 is 17.1 Å². The number of rotatable bonds is 5. The monoisotopic (exact) mass is 395 g/mol. The molecule has 0 aliphatic rings. The number of carbonyl (C=O) groups is 1. The van der Waals surface area contributed by atoms with Gasteiger partial charge in [0, 0.05) is 0 Å². The van der Waals surface area contributed by atoms with Gasteiger partial charge in [-0.05, 0) is 30.2 Å². The first kappa shape index (κ1) is 23.1. The number of terminal acetylenes is 1. The Balaban J connectivity index is 0.000000280. The molecular formula is C22H25N3O4. The molecule has 2 aromatic carbocycles. The number of alkyl carbamates (subject to hydrolysis) is 1. The first-order valence-corrected chi connectivity index (χ1v) is 8.66. The molecular weight excluding hydrogens is 370 g/mol. The molecule has 1 amide bonds. The van der Waals surface area contributed by atoms with Gasteiger partial charge in [-0.3, -0.25) is 0 Å². The van der Waals surface area contributed by atoms with E-state index in [0.29, 0.717) is 5.76 Å². The summed E-state index contributed by atoms with van der Waals surface area (Å²) in [7, 11) is 1.50. The summed E-state index contributed by atoms with van der Waals surface area (Å²) in [6.45, 7) is 6.07. The van der Waals surface area contributed by atoms with Crippen molar-refractivity contribution in [1.29, 1.82) is 0 Å². The van der Waals surface area contributed by atoms with Crippen LogP contribution in [0.25, 0.3) is 11.0 Å². The average Bonchev–Trinajstić information content (AvgIpc) is 3.12. The van der Waals surface area contributed by atoms with Gasteiger partial charge in [-0.25, -0.2) is 9.59 Å². The molecule has 0 aliphatic carbocycles. The van der Waals surface area contributed by atoms with E-state index in [0.717, 1.165) is 22.2 Å². The van der Waals surface area contributed by atoms with Crippen LogP contribution in [0.5, 0.6) is 0 Å². The number of aryl methyl sites for hydroxylation is 1. The van der Waals surface area contributed by atoms with Crippen LogP contribution in [0.1, 0.15) is 11.1 Å². The maximum atomic E-state index is 11.2. The molecule has 0 atom stereocenters. The van der Waals surface area contributed by atoms with Gasteiger partial charge in [0.05, 0.1) is 24.7 Å². The van der Waals surface area contributed by atoms with Crippen LogP contribution in [-0.2, 0) is 16.1 Å². The largest absolute Gasteiger partial charge is 0.500 e. The summed E-state index contributed by atoms with van der Waals surface area (Å²) in [6.07, 6.45) is 7.52. The van der Waals surface area contributed by atoms with Crippen LogP contribution in [0.4, 0.5) is 4.79 Å². The number of amides is 1. The number of imidazole rings is 1. The predicted molar refractivity (Wildman–Crippen MR) is 114 cm³/mol. The topological polar surface area (TPSA) is 96.2 Å². The number of fused-ring (bicyclic) bond motifs is 1. The highest BCUT2D eigenvalue weighted by Gasteiger charge is 2.02. The SMILES string of the molecule is C#C.C=C(CNC(=O)OCc1ccccc1)OC.Cc1ccc2[nH]c(=O)[nH]c2c1. The Morgan fingerprint density at radius 1 is 1.10 bits per heavy atom. The van der Waals surface area contributed by atoms with Gasteiger partial charge in [-0.15, -0.1) is 12.8 Å². The van der Waals surface area contributed by atoms with E-state index in [4.69, 9.17) is 9.47 Å². The van der Waals surface area contributed by atoms with Crippen LogP contribution >= 0.6 is 0 Å². The van der Waals surface area contributed by atoms with Gasteiger partial charge in [-0.2, -0.15) is 0 Å². The molecule has 0 radical (unpaired) electrons. The molecule has 7 heteroatoms. The highest BCUT2D eigenvalue weighted by Crippen LogP contribution is 2.08. The number of hydrogen-bond donors (Lipinski definition) is 3. The van der Waals surface area contributed by atoms with Crippen molar-refractivity contribution < 1.29 is 14.3 Å². The number of nitrogens with one attached hydrogen (secondary N) is 3. The third-order valence-corrected chi connectivity index (χ3v) is 3.60. The molecule has 3 aromatic rings. The van der Waals surface area contributed by atoms with Crippen molar-refractivity contribution in [1.82, 2.24) is 15.3 Å². The fraction of sp³-hybridized carbons (Fsp3) is 0.182. The first-order valence-electron chi connectivity index (χ1n) is 8.66. The third-order valence-electron chi connectivity index (χ3n) is 3.60. The molecule has 3 N–H and O–H groups in total. The molecule has 1 aromatic heterocycles. The summed E-state index contributed by atoms with van der Waals surface area (Å²) in [5.41, 5.74) is 3.68. The minimum absolute atomic E-state index is 0.148. The zero-order chi connectivity index (χ0) is 21.6. The van der Waals surface area contributed by atoms with Gasteiger partial charge in [0.15, 0.2) is 0 Å². The maximum absolute atomic E-state index is 11.2. The lowest BCUT2D eigenvalue weighted by molar-refractivity contribution is 0.138. The molecule has 7 nitrogen and oxygen atoms in total. The Hall–Kier alpha value is -3.92. The summed E-state index contributed by atoms with van der Waals surface area (Å²) < 4.78 is 9.77. The van der Waals surface area contributed by atoms with Crippen molar-refractivity contribution in [3.8, 4) is 12.8 Å². The Morgan fingerprint density at radius 3 is 2.41 bits per heavy atom. The lowest BCUT2D eigenvalue weighted by Gasteiger charge is -2.07. The normalized spacial score (nSPS) is 9.24. The minimum Gasteiger partial charge on any atom is -0.500 e. The molecule has 1 heterocycles.